The highest BCUT2D eigenvalue weighted by molar-refractivity contribution is 9.10. The van der Waals surface area contributed by atoms with Gasteiger partial charge in [-0.05, 0) is 60.4 Å². The van der Waals surface area contributed by atoms with Crippen molar-refractivity contribution in [1.82, 2.24) is 39.5 Å². The van der Waals surface area contributed by atoms with E-state index in [1.54, 1.807) is 23.3 Å². The second-order valence-electron chi connectivity index (χ2n) is 11.5. The Kier molecular flexibility index (Phi) is 6.78. The summed E-state index contributed by atoms with van der Waals surface area (Å²) in [6.07, 6.45) is 7.12. The Balaban J connectivity index is 1.27. The summed E-state index contributed by atoms with van der Waals surface area (Å²) in [4.78, 5) is 48.5. The summed E-state index contributed by atoms with van der Waals surface area (Å²) in [6.45, 7) is 4.43. The topological polar surface area (TPSA) is 110 Å². The largest absolute Gasteiger partial charge is 0.342 e. The lowest BCUT2D eigenvalue weighted by Crippen LogP contribution is -2.47. The molecule has 40 heavy (non-hydrogen) atoms. The Bertz CT molecular complexity index is 1620. The van der Waals surface area contributed by atoms with E-state index in [9.17, 15) is 9.59 Å². The quantitative estimate of drug-likeness (QED) is 0.172. The highest BCUT2D eigenvalue weighted by Gasteiger charge is 2.62. The molecule has 0 N–H and O–H groups in total. The molecule has 4 aromatic rings. The van der Waals surface area contributed by atoms with E-state index in [2.05, 4.69) is 47.9 Å². The van der Waals surface area contributed by atoms with Gasteiger partial charge in [-0.1, -0.05) is 19.1 Å². The first kappa shape index (κ1) is 26.7. The van der Waals surface area contributed by atoms with Crippen molar-refractivity contribution in [2.24, 2.45) is 5.41 Å². The zero-order valence-electron chi connectivity index (χ0n) is 23.0. The summed E-state index contributed by atoms with van der Waals surface area (Å²) < 4.78 is 2.41. The van der Waals surface area contributed by atoms with Crippen molar-refractivity contribution in [3.63, 3.8) is 0 Å². The van der Waals surface area contributed by atoms with Gasteiger partial charge in [0.05, 0.1) is 24.0 Å². The van der Waals surface area contributed by atoms with Gasteiger partial charge in [-0.15, -0.1) is 0 Å². The lowest BCUT2D eigenvalue weighted by atomic mass is 9.63. The van der Waals surface area contributed by atoms with Crippen LogP contribution in [0.25, 0.3) is 22.2 Å². The van der Waals surface area contributed by atoms with Crippen molar-refractivity contribution < 1.29 is 9.59 Å². The first-order valence-electron chi connectivity index (χ1n) is 13.4. The zero-order valence-corrected chi connectivity index (χ0v) is 24.6. The number of aromatic nitrogens is 6. The number of nitrogens with zero attached hydrogens (tertiary/aromatic N) is 8. The molecule has 1 aliphatic carbocycles. The van der Waals surface area contributed by atoms with Gasteiger partial charge < -0.3 is 9.80 Å². The molecule has 1 amide bonds. The molecule has 3 atom stereocenters. The normalized spacial score (nSPS) is 21.6. The third-order valence-corrected chi connectivity index (χ3v) is 8.40. The first-order chi connectivity index (χ1) is 19.1. The highest BCUT2D eigenvalue weighted by Crippen LogP contribution is 2.58. The maximum atomic E-state index is 13.8. The number of Topliss-reactive ketones (excluding diaryl/α,β-unsaturated/α-hetero) is 1. The van der Waals surface area contributed by atoms with Gasteiger partial charge in [0.25, 0.3) is 0 Å². The molecule has 0 radical (unpaired) electrons. The first-order valence-corrected chi connectivity index (χ1v) is 14.2. The summed E-state index contributed by atoms with van der Waals surface area (Å²) in [5, 5.41) is 5.24. The molecule has 2 aliphatic rings. The standard InChI is InChI=1S/C28H30BBrN8O2/c1-16(39)27-18-8-19(17-11-32-25(33-12-17)14-36(3)4)31-13-20(18)37(35-27)15-26(40)38-21-9-28(21,2)10-23(38)29-22-6-5-7-24(30)34-22/h5-8,11-13,21,23,29H,9-10,14-15H2,1-4H3. The fourth-order valence-corrected chi connectivity index (χ4v) is 6.33. The van der Waals surface area contributed by atoms with Gasteiger partial charge in [-0.2, -0.15) is 5.10 Å². The van der Waals surface area contributed by atoms with E-state index in [4.69, 9.17) is 0 Å². The minimum Gasteiger partial charge on any atom is -0.342 e. The fraction of sp³-hybridized carbons (Fsp3) is 0.393. The van der Waals surface area contributed by atoms with E-state index < -0.39 is 0 Å². The summed E-state index contributed by atoms with van der Waals surface area (Å²) in [7, 11) is 4.63. The highest BCUT2D eigenvalue weighted by atomic mass is 79.9. The minimum absolute atomic E-state index is 0.000295. The van der Waals surface area contributed by atoms with E-state index in [0.717, 1.165) is 28.6 Å². The predicted molar refractivity (Wildman–Crippen MR) is 156 cm³/mol. The van der Waals surface area contributed by atoms with E-state index in [1.165, 1.54) is 6.92 Å². The van der Waals surface area contributed by atoms with Crippen LogP contribution in [0, 0.1) is 5.41 Å². The van der Waals surface area contributed by atoms with Crippen molar-refractivity contribution >= 4 is 51.4 Å². The zero-order chi connectivity index (χ0) is 28.2. The molecule has 204 valence electrons. The summed E-state index contributed by atoms with van der Waals surface area (Å²) >= 11 is 3.45. The van der Waals surface area contributed by atoms with Gasteiger partial charge in [0.1, 0.15) is 22.7 Å². The third kappa shape index (κ3) is 5.06. The van der Waals surface area contributed by atoms with Crippen molar-refractivity contribution in [2.75, 3.05) is 14.1 Å². The van der Waals surface area contributed by atoms with E-state index in [-0.39, 0.29) is 35.6 Å². The Morgan fingerprint density at radius 3 is 2.62 bits per heavy atom. The fourth-order valence-electron chi connectivity index (χ4n) is 5.95. The molecular formula is C28H30BBrN8O2. The summed E-state index contributed by atoms with van der Waals surface area (Å²) in [6, 6.07) is 7.94. The van der Waals surface area contributed by atoms with Crippen LogP contribution in [0.1, 0.15) is 43.0 Å². The van der Waals surface area contributed by atoms with Crippen LogP contribution in [0.3, 0.4) is 0 Å². The molecule has 0 bridgehead atoms. The number of pyridine rings is 2. The molecule has 10 nitrogen and oxygen atoms in total. The number of hydrogen-bond acceptors (Lipinski definition) is 8. The van der Waals surface area contributed by atoms with E-state index in [0.29, 0.717) is 41.9 Å². The number of fused-ring (bicyclic) bond motifs is 2. The van der Waals surface area contributed by atoms with Crippen LogP contribution in [-0.4, -0.2) is 84.6 Å². The minimum atomic E-state index is -0.166. The van der Waals surface area contributed by atoms with Gasteiger partial charge in [-0.25, -0.2) is 9.97 Å². The molecule has 4 aromatic heterocycles. The van der Waals surface area contributed by atoms with Crippen LogP contribution in [0.4, 0.5) is 0 Å². The molecule has 0 aromatic carbocycles. The van der Waals surface area contributed by atoms with Gasteiger partial charge >= 0.3 is 0 Å². The maximum Gasteiger partial charge on any atom is 0.244 e. The number of carbonyl (C=O) groups excluding carboxylic acids is 2. The number of amides is 1. The Morgan fingerprint density at radius 1 is 1.15 bits per heavy atom. The Morgan fingerprint density at radius 2 is 1.93 bits per heavy atom. The lowest BCUT2D eigenvalue weighted by molar-refractivity contribution is -0.132. The monoisotopic (exact) mass is 600 g/mol. The van der Waals surface area contributed by atoms with Gasteiger partial charge in [0.2, 0.25) is 13.2 Å². The smallest absolute Gasteiger partial charge is 0.244 e. The van der Waals surface area contributed by atoms with Crippen LogP contribution in [0.15, 0.2) is 47.5 Å². The Hall–Kier alpha value is -3.51. The molecule has 1 aliphatic heterocycles. The van der Waals surface area contributed by atoms with Gasteiger partial charge in [0, 0.05) is 47.8 Å². The molecule has 12 heteroatoms. The van der Waals surface area contributed by atoms with E-state index >= 15 is 0 Å². The number of likely N-dealkylation sites (tertiary alicyclic amines) is 1. The number of hydrogen-bond donors (Lipinski definition) is 0. The molecule has 2 fully saturated rings. The predicted octanol–water partition coefficient (Wildman–Crippen LogP) is 2.41. The van der Waals surface area contributed by atoms with Crippen LogP contribution in [0.5, 0.6) is 0 Å². The molecule has 0 spiro atoms. The van der Waals surface area contributed by atoms with Gasteiger partial charge in [0.15, 0.2) is 5.78 Å². The number of piperidine rings is 1. The van der Waals surface area contributed by atoms with E-state index in [1.807, 2.05) is 48.2 Å². The molecule has 1 saturated carbocycles. The molecule has 6 rings (SSSR count). The van der Waals surface area contributed by atoms with Crippen LogP contribution in [0.2, 0.25) is 0 Å². The molecule has 3 unspecified atom stereocenters. The number of carbonyl (C=O) groups is 2. The van der Waals surface area contributed by atoms with Gasteiger partial charge in [-0.3, -0.25) is 24.2 Å². The third-order valence-electron chi connectivity index (χ3n) is 7.95. The molecule has 1 saturated heterocycles. The maximum absolute atomic E-state index is 13.8. The van der Waals surface area contributed by atoms with Crippen molar-refractivity contribution in [1.29, 1.82) is 0 Å². The van der Waals surface area contributed by atoms with Crippen molar-refractivity contribution in [3.8, 4) is 11.3 Å². The average molecular weight is 601 g/mol. The second-order valence-corrected chi connectivity index (χ2v) is 12.3. The summed E-state index contributed by atoms with van der Waals surface area (Å²) in [5.74, 6) is 0.626. The van der Waals surface area contributed by atoms with Crippen LogP contribution >= 0.6 is 15.9 Å². The van der Waals surface area contributed by atoms with Crippen LogP contribution in [-0.2, 0) is 17.9 Å². The SMILES string of the molecule is CC(=O)c1nn(CC(=O)N2C(Bc3cccc(Br)n3)CC3(C)CC23)c2cnc(-c3cnc(CN(C)C)nc3)cc12. The second kappa shape index (κ2) is 10.2. The lowest BCUT2D eigenvalue weighted by Gasteiger charge is -2.27. The number of rotatable bonds is 8. The van der Waals surface area contributed by atoms with Crippen molar-refractivity contribution in [2.45, 2.75) is 51.8 Å². The van der Waals surface area contributed by atoms with Crippen LogP contribution < -0.4 is 5.59 Å². The Labute approximate surface area is 241 Å². The number of halogens is 1. The van der Waals surface area contributed by atoms with Crippen molar-refractivity contribution in [3.05, 3.63) is 59.0 Å². The summed E-state index contributed by atoms with van der Waals surface area (Å²) in [5.41, 5.74) is 3.48. The molecule has 5 heterocycles. The molecular weight excluding hydrogens is 571 g/mol. The number of ketones is 1. The average Bonchev–Trinajstić information content (AvgIpc) is 3.27.